The number of hydrogen-bond acceptors (Lipinski definition) is 2. The molecule has 1 saturated carbocycles. The molecule has 100 valence electrons. The summed E-state index contributed by atoms with van der Waals surface area (Å²) in [5.74, 6) is 0.118. The van der Waals surface area contributed by atoms with Crippen LogP contribution in [0.1, 0.15) is 71.1 Å². The molecule has 0 aromatic carbocycles. The van der Waals surface area contributed by atoms with Gasteiger partial charge >= 0.3 is 0 Å². The van der Waals surface area contributed by atoms with Gasteiger partial charge in [0.05, 0.1) is 12.1 Å². The molecular formula is C14H27NO2. The van der Waals surface area contributed by atoms with E-state index in [-0.39, 0.29) is 18.1 Å². The van der Waals surface area contributed by atoms with Crippen molar-refractivity contribution in [3.63, 3.8) is 0 Å². The van der Waals surface area contributed by atoms with Crippen LogP contribution in [-0.4, -0.2) is 23.2 Å². The fraction of sp³-hybridized carbons (Fsp3) is 0.929. The largest absolute Gasteiger partial charge is 0.391 e. The molecule has 1 fully saturated rings. The van der Waals surface area contributed by atoms with E-state index in [4.69, 9.17) is 0 Å². The molecule has 1 amide bonds. The summed E-state index contributed by atoms with van der Waals surface area (Å²) in [7, 11) is 0. The van der Waals surface area contributed by atoms with E-state index in [1.54, 1.807) is 0 Å². The minimum absolute atomic E-state index is 0.00638. The number of aliphatic hydroxyl groups excluding tert-OH is 1. The highest BCUT2D eigenvalue weighted by atomic mass is 16.3. The summed E-state index contributed by atoms with van der Waals surface area (Å²) in [6.45, 7) is 2.19. The molecule has 0 aromatic rings. The molecule has 0 aromatic heterocycles. The summed E-state index contributed by atoms with van der Waals surface area (Å²) >= 11 is 0. The van der Waals surface area contributed by atoms with E-state index in [2.05, 4.69) is 12.2 Å². The van der Waals surface area contributed by atoms with Crippen molar-refractivity contribution in [1.82, 2.24) is 5.32 Å². The normalized spacial score (nSPS) is 24.6. The molecule has 0 spiro atoms. The average Bonchev–Trinajstić information content (AvgIpc) is 2.32. The van der Waals surface area contributed by atoms with Crippen molar-refractivity contribution in [3.8, 4) is 0 Å². The highest BCUT2D eigenvalue weighted by Gasteiger charge is 2.23. The lowest BCUT2D eigenvalue weighted by molar-refractivity contribution is -0.123. The maximum Gasteiger partial charge on any atom is 0.220 e. The summed E-state index contributed by atoms with van der Waals surface area (Å²) in [5, 5.41) is 12.7. The van der Waals surface area contributed by atoms with Crippen LogP contribution in [0.2, 0.25) is 0 Å². The van der Waals surface area contributed by atoms with Gasteiger partial charge in [-0.1, -0.05) is 45.4 Å². The lowest BCUT2D eigenvalue weighted by atomic mass is 9.92. The predicted octanol–water partition coefficient (Wildman–Crippen LogP) is 2.77. The van der Waals surface area contributed by atoms with Gasteiger partial charge in [-0.05, 0) is 19.3 Å². The molecule has 1 aliphatic carbocycles. The summed E-state index contributed by atoms with van der Waals surface area (Å²) in [6, 6.07) is 0.00638. The Labute approximate surface area is 105 Å². The van der Waals surface area contributed by atoms with Gasteiger partial charge in [0.1, 0.15) is 0 Å². The van der Waals surface area contributed by atoms with Gasteiger partial charge in [-0.2, -0.15) is 0 Å². The third-order valence-corrected chi connectivity index (χ3v) is 3.58. The number of rotatable bonds is 7. The molecule has 0 saturated heterocycles. The van der Waals surface area contributed by atoms with Gasteiger partial charge in [-0.25, -0.2) is 0 Å². The van der Waals surface area contributed by atoms with Gasteiger partial charge < -0.3 is 10.4 Å². The van der Waals surface area contributed by atoms with Crippen LogP contribution in [0.3, 0.4) is 0 Å². The van der Waals surface area contributed by atoms with Crippen LogP contribution < -0.4 is 5.32 Å². The first-order valence-electron chi connectivity index (χ1n) is 7.21. The van der Waals surface area contributed by atoms with Crippen LogP contribution in [0, 0.1) is 0 Å². The highest BCUT2D eigenvalue weighted by Crippen LogP contribution is 2.18. The molecule has 3 heteroatoms. The van der Waals surface area contributed by atoms with Gasteiger partial charge in [-0.3, -0.25) is 4.79 Å². The number of aliphatic hydroxyl groups is 1. The lowest BCUT2D eigenvalue weighted by Gasteiger charge is -2.28. The molecule has 0 aliphatic heterocycles. The molecule has 0 radical (unpaired) electrons. The maximum absolute atomic E-state index is 11.7. The zero-order valence-electron chi connectivity index (χ0n) is 11.1. The summed E-state index contributed by atoms with van der Waals surface area (Å²) in [5.41, 5.74) is 0. The molecule has 2 unspecified atom stereocenters. The first-order chi connectivity index (χ1) is 8.24. The Kier molecular flexibility index (Phi) is 7.25. The van der Waals surface area contributed by atoms with E-state index in [0.717, 1.165) is 38.5 Å². The molecule has 1 rings (SSSR count). The van der Waals surface area contributed by atoms with Crippen molar-refractivity contribution in [2.45, 2.75) is 83.3 Å². The number of hydrogen-bond donors (Lipinski definition) is 2. The minimum atomic E-state index is -0.326. The fourth-order valence-electron chi connectivity index (χ4n) is 2.45. The van der Waals surface area contributed by atoms with Crippen molar-refractivity contribution in [1.29, 1.82) is 0 Å². The van der Waals surface area contributed by atoms with E-state index < -0.39 is 0 Å². The second-order valence-electron chi connectivity index (χ2n) is 5.19. The van der Waals surface area contributed by atoms with E-state index in [1.807, 2.05) is 0 Å². The van der Waals surface area contributed by atoms with Gasteiger partial charge in [0.25, 0.3) is 0 Å². The summed E-state index contributed by atoms with van der Waals surface area (Å²) < 4.78 is 0. The monoisotopic (exact) mass is 241 g/mol. The van der Waals surface area contributed by atoms with E-state index in [1.165, 1.54) is 19.3 Å². The topological polar surface area (TPSA) is 49.3 Å². The molecule has 1 aliphatic rings. The van der Waals surface area contributed by atoms with E-state index in [0.29, 0.717) is 6.42 Å². The number of amides is 1. The molecule has 0 heterocycles. The second-order valence-corrected chi connectivity index (χ2v) is 5.19. The molecule has 2 atom stereocenters. The van der Waals surface area contributed by atoms with Gasteiger partial charge in [0.15, 0.2) is 0 Å². The minimum Gasteiger partial charge on any atom is -0.391 e. The summed E-state index contributed by atoms with van der Waals surface area (Å²) in [6.07, 6.45) is 10.1. The maximum atomic E-state index is 11.7. The molecule has 0 bridgehead atoms. The van der Waals surface area contributed by atoms with Crippen LogP contribution in [0.25, 0.3) is 0 Å². The smallest absolute Gasteiger partial charge is 0.220 e. The van der Waals surface area contributed by atoms with Crippen molar-refractivity contribution in [3.05, 3.63) is 0 Å². The van der Waals surface area contributed by atoms with Gasteiger partial charge in [0, 0.05) is 6.42 Å². The van der Waals surface area contributed by atoms with Crippen LogP contribution in [0.15, 0.2) is 0 Å². The Hall–Kier alpha value is -0.570. The number of nitrogens with one attached hydrogen (secondary N) is 1. The van der Waals surface area contributed by atoms with Crippen molar-refractivity contribution in [2.24, 2.45) is 0 Å². The average molecular weight is 241 g/mol. The number of carbonyl (C=O) groups excluding carboxylic acids is 1. The van der Waals surface area contributed by atoms with Crippen LogP contribution >= 0.6 is 0 Å². The fourth-order valence-corrected chi connectivity index (χ4v) is 2.45. The van der Waals surface area contributed by atoms with Crippen LogP contribution in [0.5, 0.6) is 0 Å². The molecule has 2 N–H and O–H groups in total. The summed E-state index contributed by atoms with van der Waals surface area (Å²) in [4.78, 5) is 11.7. The zero-order valence-corrected chi connectivity index (χ0v) is 11.1. The van der Waals surface area contributed by atoms with Gasteiger partial charge in [-0.15, -0.1) is 0 Å². The first kappa shape index (κ1) is 14.5. The standard InChI is InChI=1S/C14H27NO2/c1-2-3-4-5-6-11-14(17)15-12-9-7-8-10-13(12)16/h12-13,16H,2-11H2,1H3,(H,15,17). The molecular weight excluding hydrogens is 214 g/mol. The third kappa shape index (κ3) is 6.06. The molecule has 3 nitrogen and oxygen atoms in total. The SMILES string of the molecule is CCCCCCCC(=O)NC1CCCCC1O. The number of unbranched alkanes of at least 4 members (excludes halogenated alkanes) is 4. The Morgan fingerprint density at radius 3 is 2.59 bits per heavy atom. The zero-order chi connectivity index (χ0) is 12.5. The van der Waals surface area contributed by atoms with Crippen molar-refractivity contribution >= 4 is 5.91 Å². The lowest BCUT2D eigenvalue weighted by Crippen LogP contribution is -2.44. The number of carbonyl (C=O) groups is 1. The Morgan fingerprint density at radius 2 is 1.88 bits per heavy atom. The first-order valence-corrected chi connectivity index (χ1v) is 7.21. The van der Waals surface area contributed by atoms with E-state index >= 15 is 0 Å². The van der Waals surface area contributed by atoms with Gasteiger partial charge in [0.2, 0.25) is 5.91 Å². The highest BCUT2D eigenvalue weighted by molar-refractivity contribution is 5.76. The quantitative estimate of drug-likeness (QED) is 0.673. The Bertz CT molecular complexity index is 218. The third-order valence-electron chi connectivity index (χ3n) is 3.58. The van der Waals surface area contributed by atoms with E-state index in [9.17, 15) is 9.90 Å². The Balaban J connectivity index is 2.07. The second kappa shape index (κ2) is 8.51. The molecule has 17 heavy (non-hydrogen) atoms. The van der Waals surface area contributed by atoms with Crippen molar-refractivity contribution < 1.29 is 9.90 Å². The predicted molar refractivity (Wildman–Crippen MR) is 69.8 cm³/mol. The van der Waals surface area contributed by atoms with Crippen molar-refractivity contribution in [2.75, 3.05) is 0 Å². The van der Waals surface area contributed by atoms with Crippen LogP contribution in [0.4, 0.5) is 0 Å². The Morgan fingerprint density at radius 1 is 1.18 bits per heavy atom. The van der Waals surface area contributed by atoms with Crippen LogP contribution in [-0.2, 0) is 4.79 Å².